The summed E-state index contributed by atoms with van der Waals surface area (Å²) in [6, 6.07) is 17.4. The van der Waals surface area contributed by atoms with E-state index in [4.69, 9.17) is 4.74 Å². The van der Waals surface area contributed by atoms with Crippen LogP contribution in [-0.4, -0.2) is 6.10 Å². The minimum absolute atomic E-state index is 0.119. The van der Waals surface area contributed by atoms with Crippen molar-refractivity contribution >= 4 is 11.3 Å². The van der Waals surface area contributed by atoms with E-state index < -0.39 is 0 Å². The highest BCUT2D eigenvalue weighted by Gasteiger charge is 2.34. The Morgan fingerprint density at radius 3 is 2.50 bits per heavy atom. The Bertz CT molecular complexity index is 1480. The molecule has 0 saturated heterocycles. The molecule has 0 saturated carbocycles. The summed E-state index contributed by atoms with van der Waals surface area (Å²) in [5.41, 5.74) is 9.18. The van der Waals surface area contributed by atoms with Gasteiger partial charge in [-0.3, -0.25) is 0 Å². The van der Waals surface area contributed by atoms with Gasteiger partial charge >= 0.3 is 0 Å². The molecule has 0 fully saturated rings. The summed E-state index contributed by atoms with van der Waals surface area (Å²) >= 11 is 0. The third kappa shape index (κ3) is 4.24. The van der Waals surface area contributed by atoms with Crippen molar-refractivity contribution in [2.75, 3.05) is 4.90 Å². The molecule has 4 aliphatic carbocycles. The van der Waals surface area contributed by atoms with Crippen molar-refractivity contribution in [1.82, 2.24) is 0 Å². The second-order valence-electron chi connectivity index (χ2n) is 10.6. The second kappa shape index (κ2) is 10.0. The van der Waals surface area contributed by atoms with Gasteiger partial charge in [-0.25, -0.2) is 0 Å². The van der Waals surface area contributed by atoms with Gasteiger partial charge in [0.15, 0.2) is 0 Å². The average molecular weight is 496 g/mol. The summed E-state index contributed by atoms with van der Waals surface area (Å²) in [4.78, 5) is 2.45. The minimum Gasteiger partial charge on any atom is -0.484 e. The van der Waals surface area contributed by atoms with Gasteiger partial charge in [-0.2, -0.15) is 0 Å². The molecular weight excluding hydrogens is 462 g/mol. The molecule has 2 aromatic carbocycles. The number of benzene rings is 2. The van der Waals surface area contributed by atoms with Gasteiger partial charge < -0.3 is 9.64 Å². The summed E-state index contributed by atoms with van der Waals surface area (Å²) in [5.74, 6) is 1.87. The Morgan fingerprint density at radius 2 is 1.71 bits per heavy atom. The van der Waals surface area contributed by atoms with Crippen LogP contribution in [0, 0.1) is 5.92 Å². The lowest BCUT2D eigenvalue weighted by atomic mass is 9.87. The van der Waals surface area contributed by atoms with E-state index in [9.17, 15) is 0 Å². The predicted octanol–water partition coefficient (Wildman–Crippen LogP) is 8.96. The van der Waals surface area contributed by atoms with E-state index in [1.165, 1.54) is 45.8 Å². The van der Waals surface area contributed by atoms with Gasteiger partial charge in [0.05, 0.1) is 0 Å². The Balaban J connectivity index is 1.19. The number of anilines is 1. The molecule has 7 rings (SSSR count). The lowest BCUT2D eigenvalue weighted by Gasteiger charge is -2.32. The Hall–Kier alpha value is -4.04. The van der Waals surface area contributed by atoms with Crippen LogP contribution in [0.25, 0.3) is 5.57 Å². The first-order chi connectivity index (χ1) is 18.8. The molecule has 5 aliphatic rings. The smallest absolute Gasteiger partial charge is 0.131 e. The molecule has 0 radical (unpaired) electrons. The molecule has 38 heavy (non-hydrogen) atoms. The van der Waals surface area contributed by atoms with Crippen molar-refractivity contribution in [3.63, 3.8) is 0 Å². The zero-order valence-corrected chi connectivity index (χ0v) is 21.7. The molecule has 0 bridgehead atoms. The fourth-order valence-corrected chi connectivity index (χ4v) is 6.34. The first-order valence-corrected chi connectivity index (χ1v) is 14.0. The summed E-state index contributed by atoms with van der Waals surface area (Å²) < 4.78 is 6.46. The summed E-state index contributed by atoms with van der Waals surface area (Å²) in [6.07, 6.45) is 32.9. The van der Waals surface area contributed by atoms with Crippen LogP contribution in [0.4, 0.5) is 5.69 Å². The molecular formula is C36H33NO. The van der Waals surface area contributed by atoms with Crippen molar-refractivity contribution in [3.8, 4) is 5.75 Å². The molecule has 2 heteroatoms. The third-order valence-electron chi connectivity index (χ3n) is 8.31. The van der Waals surface area contributed by atoms with Gasteiger partial charge in [0.25, 0.3) is 0 Å². The van der Waals surface area contributed by atoms with Crippen LogP contribution in [0.5, 0.6) is 5.75 Å². The lowest BCUT2D eigenvalue weighted by molar-refractivity contribution is 0.268. The summed E-state index contributed by atoms with van der Waals surface area (Å²) in [6.45, 7) is 0. The molecule has 2 aromatic rings. The van der Waals surface area contributed by atoms with E-state index in [2.05, 4.69) is 126 Å². The van der Waals surface area contributed by atoms with Crippen LogP contribution >= 0.6 is 0 Å². The molecule has 1 heterocycles. The first kappa shape index (κ1) is 23.1. The van der Waals surface area contributed by atoms with Crippen molar-refractivity contribution in [1.29, 1.82) is 0 Å². The van der Waals surface area contributed by atoms with Gasteiger partial charge in [0.1, 0.15) is 11.9 Å². The zero-order chi connectivity index (χ0) is 25.3. The topological polar surface area (TPSA) is 12.5 Å². The molecule has 188 valence electrons. The van der Waals surface area contributed by atoms with Crippen LogP contribution in [0.3, 0.4) is 0 Å². The molecule has 3 atom stereocenters. The van der Waals surface area contributed by atoms with E-state index in [0.717, 1.165) is 31.4 Å². The largest absolute Gasteiger partial charge is 0.484 e. The van der Waals surface area contributed by atoms with Gasteiger partial charge in [0, 0.05) is 40.0 Å². The number of para-hydroxylation sites is 2. The highest BCUT2D eigenvalue weighted by molar-refractivity contribution is 5.77. The molecule has 0 spiro atoms. The number of rotatable bonds is 5. The third-order valence-corrected chi connectivity index (χ3v) is 8.31. The molecule has 1 aliphatic heterocycles. The maximum atomic E-state index is 6.46. The van der Waals surface area contributed by atoms with E-state index in [-0.39, 0.29) is 6.10 Å². The number of ether oxygens (including phenoxy) is 1. The van der Waals surface area contributed by atoms with Crippen LogP contribution in [0.2, 0.25) is 0 Å². The van der Waals surface area contributed by atoms with Gasteiger partial charge in [-0.15, -0.1) is 0 Å². The highest BCUT2D eigenvalue weighted by Crippen LogP contribution is 2.46. The van der Waals surface area contributed by atoms with Crippen molar-refractivity contribution in [2.24, 2.45) is 5.92 Å². The number of allylic oxidation sites excluding steroid dienone is 13. The van der Waals surface area contributed by atoms with Crippen LogP contribution < -0.4 is 9.64 Å². The molecule has 0 N–H and O–H groups in total. The molecule has 0 amide bonds. The lowest BCUT2D eigenvalue weighted by Crippen LogP contribution is -2.23. The van der Waals surface area contributed by atoms with Crippen LogP contribution in [-0.2, 0) is 0 Å². The van der Waals surface area contributed by atoms with E-state index in [0.29, 0.717) is 11.8 Å². The Labute approximate surface area is 226 Å². The van der Waals surface area contributed by atoms with Gasteiger partial charge in [-0.05, 0) is 73.6 Å². The Morgan fingerprint density at radius 1 is 0.789 bits per heavy atom. The van der Waals surface area contributed by atoms with E-state index >= 15 is 0 Å². The fourth-order valence-electron chi connectivity index (χ4n) is 6.34. The van der Waals surface area contributed by atoms with E-state index in [1.54, 1.807) is 0 Å². The van der Waals surface area contributed by atoms with Crippen molar-refractivity contribution in [2.45, 2.75) is 44.1 Å². The maximum Gasteiger partial charge on any atom is 0.131 e. The number of hydrogen-bond acceptors (Lipinski definition) is 2. The van der Waals surface area contributed by atoms with Gasteiger partial charge in [-0.1, -0.05) is 91.1 Å². The molecule has 2 nitrogen and oxygen atoms in total. The normalized spacial score (nSPS) is 25.0. The zero-order valence-electron chi connectivity index (χ0n) is 21.7. The number of hydrogen-bond donors (Lipinski definition) is 0. The van der Waals surface area contributed by atoms with Crippen molar-refractivity contribution < 1.29 is 4.74 Å². The summed E-state index contributed by atoms with van der Waals surface area (Å²) in [5, 5.41) is 0. The molecule has 0 aromatic heterocycles. The average Bonchev–Trinajstić information content (AvgIpc) is 3.38. The first-order valence-electron chi connectivity index (χ1n) is 14.0. The molecule has 3 unspecified atom stereocenters. The van der Waals surface area contributed by atoms with Gasteiger partial charge in [0.2, 0.25) is 0 Å². The fraction of sp³-hybridized carbons (Fsp3) is 0.222. The minimum atomic E-state index is 0.119. The summed E-state index contributed by atoms with van der Waals surface area (Å²) in [7, 11) is 0. The van der Waals surface area contributed by atoms with Crippen molar-refractivity contribution in [3.05, 3.63) is 150 Å². The maximum absolute atomic E-state index is 6.46. The SMILES string of the molecule is C1=CC2Oc3c(C4=CC=C(N(C5=CCC(C6=CCCC=C6)C=C5)c5ccccc5)CC4)cccc3C2C=C1. The van der Waals surface area contributed by atoms with Crippen LogP contribution in [0.1, 0.15) is 49.1 Å². The van der Waals surface area contributed by atoms with Crippen LogP contribution in [0.15, 0.2) is 138 Å². The quantitative estimate of drug-likeness (QED) is 0.410. The second-order valence-corrected chi connectivity index (χ2v) is 10.6. The number of fused-ring (bicyclic) bond motifs is 3. The Kier molecular flexibility index (Phi) is 6.09. The monoisotopic (exact) mass is 495 g/mol. The predicted molar refractivity (Wildman–Crippen MR) is 158 cm³/mol. The van der Waals surface area contributed by atoms with E-state index in [1.807, 2.05) is 0 Å². The standard InChI is InChI=1S/C36H33NO/c1-3-10-26(11-4-1)27-18-22-30(23-19-27)37(29-12-5-2-6-13-29)31-24-20-28(21-25-31)32-15-9-16-34-33-14-7-8-17-35(33)38-36(32)34/h2-3,5-18,20,22-24,27,33,35H,1,4,19,21,25H2. The number of nitrogens with zero attached hydrogens (tertiary/aromatic N) is 1. The highest BCUT2D eigenvalue weighted by atomic mass is 16.5.